The fourth-order valence-electron chi connectivity index (χ4n) is 4.08. The number of carbonyl (C=O) groups is 2. The standard InChI is InChI=1S/C27H25N5O4/c1-4-14-31-26(34)21-13-9-8-12-20(21)24(30-31)27(35)36-16-23(33)29-25-22(15-28)17(2)18(3)32(25)19-10-6-5-7-11-19/h5-13H,4,14,16H2,1-3H3,(H,29,33). The number of aryl methyl sites for hydroxylation is 1. The smallest absolute Gasteiger partial charge is 0.359 e. The van der Waals surface area contributed by atoms with Crippen LogP contribution in [0, 0.1) is 25.2 Å². The van der Waals surface area contributed by atoms with Gasteiger partial charge >= 0.3 is 5.97 Å². The molecule has 182 valence electrons. The van der Waals surface area contributed by atoms with Gasteiger partial charge in [0.15, 0.2) is 12.3 Å². The number of anilines is 1. The van der Waals surface area contributed by atoms with Crippen LogP contribution in [-0.4, -0.2) is 32.8 Å². The summed E-state index contributed by atoms with van der Waals surface area (Å²) in [5, 5.41) is 17.4. The van der Waals surface area contributed by atoms with Crippen molar-refractivity contribution in [2.24, 2.45) is 0 Å². The molecule has 1 N–H and O–H groups in total. The molecule has 0 aliphatic carbocycles. The number of esters is 1. The number of nitriles is 1. The van der Waals surface area contributed by atoms with Crippen LogP contribution in [0.5, 0.6) is 0 Å². The number of para-hydroxylation sites is 1. The van der Waals surface area contributed by atoms with Gasteiger partial charge in [-0.25, -0.2) is 9.48 Å². The molecule has 2 aromatic carbocycles. The molecule has 0 fully saturated rings. The monoisotopic (exact) mass is 483 g/mol. The lowest BCUT2D eigenvalue weighted by Gasteiger charge is -2.13. The van der Waals surface area contributed by atoms with Gasteiger partial charge in [0.05, 0.1) is 10.9 Å². The second-order valence-corrected chi connectivity index (χ2v) is 8.26. The third-order valence-corrected chi connectivity index (χ3v) is 5.93. The van der Waals surface area contributed by atoms with E-state index in [0.717, 1.165) is 16.9 Å². The van der Waals surface area contributed by atoms with Gasteiger partial charge in [0.25, 0.3) is 11.5 Å². The van der Waals surface area contributed by atoms with Crippen LogP contribution in [-0.2, 0) is 16.1 Å². The van der Waals surface area contributed by atoms with Crippen molar-refractivity contribution in [3.05, 3.63) is 87.5 Å². The highest BCUT2D eigenvalue weighted by Crippen LogP contribution is 2.29. The van der Waals surface area contributed by atoms with Gasteiger partial charge in [0.1, 0.15) is 11.9 Å². The minimum absolute atomic E-state index is 0.0384. The number of carbonyl (C=O) groups excluding carboxylic acids is 2. The van der Waals surface area contributed by atoms with Crippen LogP contribution < -0.4 is 10.9 Å². The average Bonchev–Trinajstić information content (AvgIpc) is 3.13. The van der Waals surface area contributed by atoms with Crippen LogP contribution in [0.1, 0.15) is 40.7 Å². The number of hydrogen-bond donors (Lipinski definition) is 1. The number of nitrogens with zero attached hydrogens (tertiary/aromatic N) is 4. The van der Waals surface area contributed by atoms with Crippen LogP contribution in [0.15, 0.2) is 59.4 Å². The summed E-state index contributed by atoms with van der Waals surface area (Å²) in [5.74, 6) is -1.13. The lowest BCUT2D eigenvalue weighted by atomic mass is 10.1. The number of ether oxygens (including phenoxy) is 1. The van der Waals surface area contributed by atoms with E-state index >= 15 is 0 Å². The summed E-state index contributed by atoms with van der Waals surface area (Å²) in [6.45, 7) is 5.32. The molecule has 0 aliphatic heterocycles. The van der Waals surface area contributed by atoms with Crippen LogP contribution in [0.25, 0.3) is 16.5 Å². The van der Waals surface area contributed by atoms with Crippen LogP contribution in [0.4, 0.5) is 5.82 Å². The summed E-state index contributed by atoms with van der Waals surface area (Å²) in [6, 6.07) is 18.1. The molecular weight excluding hydrogens is 458 g/mol. The molecule has 1 amide bonds. The number of fused-ring (bicyclic) bond motifs is 1. The second kappa shape index (κ2) is 10.3. The highest BCUT2D eigenvalue weighted by Gasteiger charge is 2.22. The number of amides is 1. The topological polar surface area (TPSA) is 119 Å². The third kappa shape index (κ3) is 4.49. The van der Waals surface area contributed by atoms with Crippen molar-refractivity contribution in [1.29, 1.82) is 5.26 Å². The molecule has 0 radical (unpaired) electrons. The number of benzene rings is 2. The van der Waals surface area contributed by atoms with Gasteiger partial charge in [-0.3, -0.25) is 14.2 Å². The minimum atomic E-state index is -0.822. The van der Waals surface area contributed by atoms with E-state index in [4.69, 9.17) is 4.74 Å². The average molecular weight is 484 g/mol. The normalized spacial score (nSPS) is 10.7. The Labute approximate surface area is 207 Å². The summed E-state index contributed by atoms with van der Waals surface area (Å²) in [5.41, 5.74) is 2.32. The molecule has 0 saturated heterocycles. The zero-order chi connectivity index (χ0) is 25.8. The van der Waals surface area contributed by atoms with E-state index in [9.17, 15) is 19.6 Å². The van der Waals surface area contributed by atoms with Gasteiger partial charge in [-0.1, -0.05) is 43.3 Å². The van der Waals surface area contributed by atoms with Crippen LogP contribution in [0.3, 0.4) is 0 Å². The molecule has 0 atom stereocenters. The number of aromatic nitrogens is 3. The Morgan fingerprint density at radius 2 is 1.72 bits per heavy atom. The first-order chi connectivity index (χ1) is 17.4. The van der Waals surface area contributed by atoms with E-state index in [1.807, 2.05) is 51.1 Å². The molecular formula is C27H25N5O4. The Kier molecular flexibility index (Phi) is 6.97. The molecule has 4 aromatic rings. The van der Waals surface area contributed by atoms with Crippen molar-refractivity contribution >= 4 is 28.5 Å². The first-order valence-corrected chi connectivity index (χ1v) is 11.5. The highest BCUT2D eigenvalue weighted by atomic mass is 16.5. The molecule has 0 bridgehead atoms. The lowest BCUT2D eigenvalue weighted by molar-refractivity contribution is -0.119. The molecule has 9 nitrogen and oxygen atoms in total. The van der Waals surface area contributed by atoms with E-state index < -0.39 is 18.5 Å². The first-order valence-electron chi connectivity index (χ1n) is 11.5. The first kappa shape index (κ1) is 24.4. The van der Waals surface area contributed by atoms with E-state index in [1.165, 1.54) is 4.68 Å². The van der Waals surface area contributed by atoms with Crippen molar-refractivity contribution in [1.82, 2.24) is 14.3 Å². The number of rotatable bonds is 7. The zero-order valence-corrected chi connectivity index (χ0v) is 20.2. The minimum Gasteiger partial charge on any atom is -0.451 e. The molecule has 9 heteroatoms. The summed E-state index contributed by atoms with van der Waals surface area (Å²) < 4.78 is 8.29. The van der Waals surface area contributed by atoms with E-state index in [2.05, 4.69) is 16.5 Å². The Bertz CT molecular complexity index is 1560. The Morgan fingerprint density at radius 1 is 1.06 bits per heavy atom. The SMILES string of the molecule is CCCn1nc(C(=O)OCC(=O)Nc2c(C#N)c(C)c(C)n2-c2ccccc2)c2ccccc2c1=O. The lowest BCUT2D eigenvalue weighted by Crippen LogP contribution is -2.28. The highest BCUT2D eigenvalue weighted by molar-refractivity contribution is 6.03. The summed E-state index contributed by atoms with van der Waals surface area (Å²) in [4.78, 5) is 38.4. The Hall–Kier alpha value is -4.71. The molecule has 4 rings (SSSR count). The van der Waals surface area contributed by atoms with Gasteiger partial charge in [0, 0.05) is 23.3 Å². The van der Waals surface area contributed by atoms with Crippen molar-refractivity contribution in [2.75, 3.05) is 11.9 Å². The third-order valence-electron chi connectivity index (χ3n) is 5.93. The van der Waals surface area contributed by atoms with Crippen molar-refractivity contribution in [3.8, 4) is 11.8 Å². The van der Waals surface area contributed by atoms with Crippen molar-refractivity contribution < 1.29 is 14.3 Å². The largest absolute Gasteiger partial charge is 0.451 e. The van der Waals surface area contributed by atoms with Gasteiger partial charge in [-0.2, -0.15) is 10.4 Å². The fraction of sp³-hybridized carbons (Fsp3) is 0.222. The summed E-state index contributed by atoms with van der Waals surface area (Å²) in [7, 11) is 0. The summed E-state index contributed by atoms with van der Waals surface area (Å²) >= 11 is 0. The molecule has 2 aromatic heterocycles. The second-order valence-electron chi connectivity index (χ2n) is 8.26. The molecule has 0 unspecified atom stereocenters. The maximum atomic E-state index is 12.9. The van der Waals surface area contributed by atoms with Crippen molar-refractivity contribution in [2.45, 2.75) is 33.7 Å². The fourth-order valence-corrected chi connectivity index (χ4v) is 4.08. The van der Waals surface area contributed by atoms with Crippen molar-refractivity contribution in [3.63, 3.8) is 0 Å². The van der Waals surface area contributed by atoms with E-state index in [1.54, 1.807) is 28.8 Å². The molecule has 0 spiro atoms. The summed E-state index contributed by atoms with van der Waals surface area (Å²) in [6.07, 6.45) is 0.656. The van der Waals surface area contributed by atoms with Gasteiger partial charge < -0.3 is 10.1 Å². The molecule has 36 heavy (non-hydrogen) atoms. The maximum Gasteiger partial charge on any atom is 0.359 e. The number of hydrogen-bond acceptors (Lipinski definition) is 6. The molecule has 2 heterocycles. The predicted molar refractivity (Wildman–Crippen MR) is 135 cm³/mol. The van der Waals surface area contributed by atoms with Gasteiger partial charge in [-0.15, -0.1) is 0 Å². The Balaban J connectivity index is 1.59. The quantitative estimate of drug-likeness (QED) is 0.399. The zero-order valence-electron chi connectivity index (χ0n) is 20.2. The van der Waals surface area contributed by atoms with Crippen LogP contribution >= 0.6 is 0 Å². The van der Waals surface area contributed by atoms with Crippen LogP contribution in [0.2, 0.25) is 0 Å². The van der Waals surface area contributed by atoms with E-state index in [-0.39, 0.29) is 11.3 Å². The van der Waals surface area contributed by atoms with Gasteiger partial charge in [-0.05, 0) is 44.0 Å². The van der Waals surface area contributed by atoms with Gasteiger partial charge in [0.2, 0.25) is 0 Å². The van der Waals surface area contributed by atoms with E-state index in [0.29, 0.717) is 35.1 Å². The maximum absolute atomic E-state index is 12.9. The predicted octanol–water partition coefficient (Wildman–Crippen LogP) is 3.88. The Morgan fingerprint density at radius 3 is 2.39 bits per heavy atom. The number of nitrogens with one attached hydrogen (secondary N) is 1. The molecule has 0 aliphatic rings. The molecule has 0 saturated carbocycles.